The minimum absolute atomic E-state index is 0.0879. The normalized spacial score (nSPS) is 12.3. The Balaban J connectivity index is 1.89. The Morgan fingerprint density at radius 2 is 1.84 bits per heavy atom. The van der Waals surface area contributed by atoms with Gasteiger partial charge in [-0.25, -0.2) is 4.79 Å². The number of hydrogen-bond acceptors (Lipinski definition) is 5. The molecule has 0 unspecified atom stereocenters. The van der Waals surface area contributed by atoms with E-state index >= 15 is 0 Å². The van der Waals surface area contributed by atoms with Gasteiger partial charge in [-0.05, 0) is 29.8 Å². The number of rotatable bonds is 3. The van der Waals surface area contributed by atoms with Crippen LogP contribution in [0.1, 0.15) is 5.56 Å². The number of benzene rings is 2. The van der Waals surface area contributed by atoms with Crippen molar-refractivity contribution in [3.8, 4) is 17.6 Å². The Kier molecular flexibility index (Phi) is 3.51. The predicted octanol–water partition coefficient (Wildman–Crippen LogP) is 1.46. The molecule has 4 rings (SSSR count). The lowest BCUT2D eigenvalue weighted by atomic mass is 10.2. The molecule has 7 heteroatoms. The highest BCUT2D eigenvalue weighted by molar-refractivity contribution is 5.77. The van der Waals surface area contributed by atoms with Crippen LogP contribution in [0.4, 0.5) is 0 Å². The molecule has 0 atom stereocenters. The van der Waals surface area contributed by atoms with Gasteiger partial charge in [0.15, 0.2) is 11.5 Å². The van der Waals surface area contributed by atoms with Crippen molar-refractivity contribution in [2.75, 3.05) is 6.79 Å². The van der Waals surface area contributed by atoms with E-state index in [2.05, 4.69) is 0 Å². The van der Waals surface area contributed by atoms with Crippen molar-refractivity contribution >= 4 is 10.9 Å². The summed E-state index contributed by atoms with van der Waals surface area (Å²) in [5, 5.41) is 9.43. The van der Waals surface area contributed by atoms with Crippen LogP contribution in [0.3, 0.4) is 0 Å². The molecule has 1 aliphatic heterocycles. The maximum absolute atomic E-state index is 12.8. The summed E-state index contributed by atoms with van der Waals surface area (Å²) in [5.41, 5.74) is 0.304. The zero-order valence-electron chi connectivity index (χ0n) is 13.1. The Bertz CT molecular complexity index is 1140. The number of nitrogens with zero attached hydrogens (tertiary/aromatic N) is 3. The molecule has 2 heterocycles. The van der Waals surface area contributed by atoms with Crippen LogP contribution in [0.5, 0.6) is 11.5 Å². The second-order valence-corrected chi connectivity index (χ2v) is 5.62. The average molecular weight is 335 g/mol. The van der Waals surface area contributed by atoms with E-state index in [0.717, 1.165) is 10.1 Å². The first-order valence-corrected chi connectivity index (χ1v) is 7.67. The van der Waals surface area contributed by atoms with E-state index in [9.17, 15) is 9.59 Å². The monoisotopic (exact) mass is 335 g/mol. The Labute approximate surface area is 141 Å². The molecule has 0 radical (unpaired) electrons. The fourth-order valence-electron chi connectivity index (χ4n) is 2.96. The van der Waals surface area contributed by atoms with Crippen LogP contribution >= 0.6 is 0 Å². The highest BCUT2D eigenvalue weighted by atomic mass is 16.7. The van der Waals surface area contributed by atoms with Crippen LogP contribution in [0.2, 0.25) is 0 Å². The van der Waals surface area contributed by atoms with E-state index in [1.54, 1.807) is 42.5 Å². The average Bonchev–Trinajstić information content (AvgIpc) is 3.10. The number of ether oxygens (including phenoxy) is 2. The number of nitriles is 1. The van der Waals surface area contributed by atoms with Gasteiger partial charge in [0.1, 0.15) is 6.54 Å². The largest absolute Gasteiger partial charge is 0.454 e. The van der Waals surface area contributed by atoms with Crippen molar-refractivity contribution in [2.24, 2.45) is 0 Å². The highest BCUT2D eigenvalue weighted by Crippen LogP contribution is 2.32. The first-order valence-electron chi connectivity index (χ1n) is 7.67. The van der Waals surface area contributed by atoms with Crippen molar-refractivity contribution in [2.45, 2.75) is 13.1 Å². The molecule has 0 saturated heterocycles. The first-order chi connectivity index (χ1) is 12.2. The maximum atomic E-state index is 12.8. The third-order valence-corrected chi connectivity index (χ3v) is 4.14. The molecule has 1 aliphatic rings. The minimum Gasteiger partial charge on any atom is -0.454 e. The summed E-state index contributed by atoms with van der Waals surface area (Å²) < 4.78 is 13.0. The van der Waals surface area contributed by atoms with Crippen LogP contribution in [-0.4, -0.2) is 15.9 Å². The van der Waals surface area contributed by atoms with Gasteiger partial charge in [0.05, 0.1) is 23.5 Å². The zero-order valence-corrected chi connectivity index (χ0v) is 13.1. The summed E-state index contributed by atoms with van der Waals surface area (Å²) in [6.07, 6.45) is 0. The van der Waals surface area contributed by atoms with E-state index in [-0.39, 0.29) is 25.4 Å². The smallest absolute Gasteiger partial charge is 0.332 e. The number of aromatic nitrogens is 2. The van der Waals surface area contributed by atoms with E-state index in [1.165, 1.54) is 4.57 Å². The van der Waals surface area contributed by atoms with Crippen LogP contribution in [0.15, 0.2) is 52.1 Å². The zero-order chi connectivity index (χ0) is 17.4. The maximum Gasteiger partial charge on any atom is 0.332 e. The summed E-state index contributed by atoms with van der Waals surface area (Å²) in [6, 6.07) is 14.0. The molecule has 1 aromatic heterocycles. The van der Waals surface area contributed by atoms with E-state index < -0.39 is 5.69 Å². The molecule has 0 spiro atoms. The van der Waals surface area contributed by atoms with Gasteiger partial charge in [0, 0.05) is 0 Å². The molecular weight excluding hydrogens is 322 g/mol. The van der Waals surface area contributed by atoms with Crippen LogP contribution < -0.4 is 20.7 Å². The van der Waals surface area contributed by atoms with E-state index in [4.69, 9.17) is 14.7 Å². The molecule has 0 bridgehead atoms. The van der Waals surface area contributed by atoms with Gasteiger partial charge in [0.2, 0.25) is 6.79 Å². The van der Waals surface area contributed by atoms with Gasteiger partial charge in [-0.1, -0.05) is 18.2 Å². The number of fused-ring (bicyclic) bond motifs is 2. The van der Waals surface area contributed by atoms with Gasteiger partial charge in [-0.2, -0.15) is 5.26 Å². The summed E-state index contributed by atoms with van der Waals surface area (Å²) in [6.45, 7) is 0.120. The van der Waals surface area contributed by atoms with Gasteiger partial charge < -0.3 is 9.47 Å². The molecule has 0 aliphatic carbocycles. The fourth-order valence-corrected chi connectivity index (χ4v) is 2.96. The van der Waals surface area contributed by atoms with E-state index in [1.807, 2.05) is 6.07 Å². The predicted molar refractivity (Wildman–Crippen MR) is 89.7 cm³/mol. The van der Waals surface area contributed by atoms with Crippen LogP contribution in [0, 0.1) is 11.3 Å². The van der Waals surface area contributed by atoms with Crippen LogP contribution in [0.25, 0.3) is 10.9 Å². The highest BCUT2D eigenvalue weighted by Gasteiger charge is 2.16. The molecule has 2 aromatic carbocycles. The second kappa shape index (κ2) is 5.83. The van der Waals surface area contributed by atoms with Gasteiger partial charge in [-0.3, -0.25) is 13.9 Å². The third-order valence-electron chi connectivity index (χ3n) is 4.14. The molecule has 0 fully saturated rings. The van der Waals surface area contributed by atoms with Gasteiger partial charge in [-0.15, -0.1) is 0 Å². The van der Waals surface area contributed by atoms with Crippen molar-refractivity contribution in [1.29, 1.82) is 5.26 Å². The standard InChI is InChI=1S/C18H13N3O4/c19-7-8-20-14-4-2-1-3-13(14)17(22)21(18(20)23)10-12-5-6-15-16(9-12)25-11-24-15/h1-6,9H,8,10-11H2. The summed E-state index contributed by atoms with van der Waals surface area (Å²) in [7, 11) is 0. The van der Waals surface area contributed by atoms with Crippen molar-refractivity contribution < 1.29 is 9.47 Å². The van der Waals surface area contributed by atoms with Gasteiger partial charge >= 0.3 is 5.69 Å². The summed E-state index contributed by atoms with van der Waals surface area (Å²) >= 11 is 0. The van der Waals surface area contributed by atoms with Gasteiger partial charge in [0.25, 0.3) is 5.56 Å². The molecule has 7 nitrogen and oxygen atoms in total. The SMILES string of the molecule is N#CCn1c(=O)n(Cc2ccc3c(c2)OCO3)c(=O)c2ccccc21. The van der Waals surface area contributed by atoms with E-state index in [0.29, 0.717) is 22.4 Å². The molecule has 0 N–H and O–H groups in total. The topological polar surface area (TPSA) is 86.2 Å². The summed E-state index contributed by atoms with van der Waals surface area (Å²) in [4.78, 5) is 25.5. The molecule has 25 heavy (non-hydrogen) atoms. The van der Waals surface area contributed by atoms with Crippen molar-refractivity contribution in [3.05, 3.63) is 68.9 Å². The quantitative estimate of drug-likeness (QED) is 0.723. The molecular formula is C18H13N3O4. The van der Waals surface area contributed by atoms with Crippen molar-refractivity contribution in [1.82, 2.24) is 9.13 Å². The second-order valence-electron chi connectivity index (χ2n) is 5.62. The van der Waals surface area contributed by atoms with Crippen LogP contribution in [-0.2, 0) is 13.1 Å². The lowest BCUT2D eigenvalue weighted by Crippen LogP contribution is -2.40. The Morgan fingerprint density at radius 3 is 2.68 bits per heavy atom. The Hall–Kier alpha value is -3.53. The van der Waals surface area contributed by atoms with Crippen molar-refractivity contribution in [3.63, 3.8) is 0 Å². The fraction of sp³-hybridized carbons (Fsp3) is 0.167. The number of hydrogen-bond donors (Lipinski definition) is 0. The molecule has 124 valence electrons. The third kappa shape index (κ3) is 2.44. The molecule has 3 aromatic rings. The molecule has 0 amide bonds. The minimum atomic E-state index is -0.511. The number of para-hydroxylation sites is 1. The Morgan fingerprint density at radius 1 is 1.04 bits per heavy atom. The lowest BCUT2D eigenvalue weighted by molar-refractivity contribution is 0.174. The lowest BCUT2D eigenvalue weighted by Gasteiger charge is -2.12. The molecule has 0 saturated carbocycles. The first kappa shape index (κ1) is 15.0. The summed E-state index contributed by atoms with van der Waals surface area (Å²) in [5.74, 6) is 1.22.